The first kappa shape index (κ1) is 17.6. The van der Waals surface area contributed by atoms with Crippen molar-refractivity contribution >= 4 is 29.4 Å². The molecule has 0 N–H and O–H groups in total. The largest absolute Gasteiger partial charge is 0.496 e. The zero-order valence-corrected chi connectivity index (χ0v) is 15.0. The lowest BCUT2D eigenvalue weighted by Crippen LogP contribution is -2.32. The van der Waals surface area contributed by atoms with Crippen molar-refractivity contribution in [3.8, 4) is 11.4 Å². The van der Waals surface area contributed by atoms with Crippen molar-refractivity contribution in [2.75, 3.05) is 7.11 Å². The van der Waals surface area contributed by atoms with Gasteiger partial charge in [0.1, 0.15) is 17.6 Å². The Hall–Kier alpha value is -3.79. The molecule has 0 radical (unpaired) electrons. The fraction of sp³-hybridized carbons (Fsp3) is 0.0588. The zero-order valence-electron chi connectivity index (χ0n) is 14.2. The molecule has 2 heterocycles. The van der Waals surface area contributed by atoms with Crippen LogP contribution < -0.4 is 4.74 Å². The fourth-order valence-electron chi connectivity index (χ4n) is 2.70. The van der Waals surface area contributed by atoms with Gasteiger partial charge in [0.2, 0.25) is 0 Å². The third-order valence-electron chi connectivity index (χ3n) is 4.02. The topological polar surface area (TPSA) is 117 Å². The van der Waals surface area contributed by atoms with Crippen LogP contribution in [-0.2, 0) is 4.84 Å². The van der Waals surface area contributed by atoms with Gasteiger partial charge in [0.25, 0.3) is 11.8 Å². The SMILES string of the molecule is COc1cc(-n2cnnn2)c(Cl)cc1C(=O)ON1C(=O)c2ccccc2C1=O. The van der Waals surface area contributed by atoms with E-state index in [0.717, 1.165) is 0 Å². The first-order valence-electron chi connectivity index (χ1n) is 7.82. The van der Waals surface area contributed by atoms with Gasteiger partial charge < -0.3 is 9.57 Å². The van der Waals surface area contributed by atoms with E-state index in [1.807, 2.05) is 0 Å². The number of hydroxylamine groups is 2. The number of tetrazole rings is 1. The molecule has 2 amide bonds. The van der Waals surface area contributed by atoms with Gasteiger partial charge in [-0.15, -0.1) is 5.10 Å². The second-order valence-corrected chi connectivity index (χ2v) is 5.99. The number of halogens is 1. The number of imide groups is 1. The molecule has 10 nitrogen and oxygen atoms in total. The number of fused-ring (bicyclic) bond motifs is 1. The molecule has 0 unspecified atom stereocenters. The molecule has 0 aliphatic carbocycles. The molecule has 11 heteroatoms. The van der Waals surface area contributed by atoms with Crippen molar-refractivity contribution in [3.63, 3.8) is 0 Å². The van der Waals surface area contributed by atoms with Crippen molar-refractivity contribution in [2.24, 2.45) is 0 Å². The third kappa shape index (κ3) is 2.76. The maximum Gasteiger partial charge on any atom is 0.367 e. The number of rotatable bonds is 4. The predicted octanol–water partition coefficient (Wildman–Crippen LogP) is 1.69. The van der Waals surface area contributed by atoms with Gasteiger partial charge in [-0.1, -0.05) is 28.8 Å². The smallest absolute Gasteiger partial charge is 0.367 e. The molecular weight excluding hydrogens is 390 g/mol. The van der Waals surface area contributed by atoms with Crippen LogP contribution in [0.3, 0.4) is 0 Å². The van der Waals surface area contributed by atoms with Gasteiger partial charge in [-0.25, -0.2) is 4.79 Å². The highest BCUT2D eigenvalue weighted by atomic mass is 35.5. The van der Waals surface area contributed by atoms with Crippen LogP contribution in [0.15, 0.2) is 42.7 Å². The molecule has 0 spiro atoms. The Bertz CT molecular complexity index is 1080. The zero-order chi connectivity index (χ0) is 19.8. The lowest BCUT2D eigenvalue weighted by molar-refractivity contribution is -0.0586. The number of aromatic nitrogens is 4. The molecule has 1 aliphatic heterocycles. The summed E-state index contributed by atoms with van der Waals surface area (Å²) in [6.45, 7) is 0. The summed E-state index contributed by atoms with van der Waals surface area (Å²) in [4.78, 5) is 42.4. The second-order valence-electron chi connectivity index (χ2n) is 5.59. The summed E-state index contributed by atoms with van der Waals surface area (Å²) in [5.41, 5.74) is 0.584. The Kier molecular flexibility index (Phi) is 4.24. The Morgan fingerprint density at radius 1 is 1.11 bits per heavy atom. The Labute approximate surface area is 162 Å². The van der Waals surface area contributed by atoms with Crippen LogP contribution in [-0.4, -0.2) is 50.2 Å². The van der Waals surface area contributed by atoms with E-state index in [9.17, 15) is 14.4 Å². The number of amides is 2. The number of ether oxygens (including phenoxy) is 1. The summed E-state index contributed by atoms with van der Waals surface area (Å²) in [5, 5.41) is 11.3. The molecule has 28 heavy (non-hydrogen) atoms. The third-order valence-corrected chi connectivity index (χ3v) is 4.32. The second kappa shape index (κ2) is 6.74. The molecule has 0 atom stereocenters. The van der Waals surface area contributed by atoms with E-state index in [-0.39, 0.29) is 27.5 Å². The summed E-state index contributed by atoms with van der Waals surface area (Å²) in [6.07, 6.45) is 1.32. The molecule has 1 aliphatic rings. The lowest BCUT2D eigenvalue weighted by Gasteiger charge is -2.15. The van der Waals surface area contributed by atoms with Gasteiger partial charge in [-0.3, -0.25) is 9.59 Å². The number of carbonyl (C=O) groups excluding carboxylic acids is 3. The van der Waals surface area contributed by atoms with E-state index in [0.29, 0.717) is 10.8 Å². The van der Waals surface area contributed by atoms with Crippen LogP contribution in [0.5, 0.6) is 5.75 Å². The van der Waals surface area contributed by atoms with Gasteiger partial charge in [0.15, 0.2) is 0 Å². The maximum absolute atomic E-state index is 12.6. The molecule has 3 aromatic rings. The minimum absolute atomic E-state index is 0.0825. The minimum atomic E-state index is -0.989. The van der Waals surface area contributed by atoms with Crippen LogP contribution in [0.2, 0.25) is 5.02 Å². The molecule has 0 saturated carbocycles. The standard InChI is InChI=1S/C17H10ClN5O5/c1-27-14-7-13(22-8-19-20-21-22)12(18)6-11(14)17(26)28-23-15(24)9-4-2-3-5-10(9)16(23)25/h2-8H,1H3. The summed E-state index contributed by atoms with van der Waals surface area (Å²) < 4.78 is 6.49. The number of benzene rings is 2. The van der Waals surface area contributed by atoms with Gasteiger partial charge in [-0.05, 0) is 28.6 Å². The number of hydrogen-bond acceptors (Lipinski definition) is 8. The van der Waals surface area contributed by atoms with E-state index in [4.69, 9.17) is 21.2 Å². The molecule has 0 saturated heterocycles. The molecule has 140 valence electrons. The summed E-state index contributed by atoms with van der Waals surface area (Å²) >= 11 is 6.21. The summed E-state index contributed by atoms with van der Waals surface area (Å²) in [5.74, 6) is -2.36. The van der Waals surface area contributed by atoms with Crippen molar-refractivity contribution in [2.45, 2.75) is 0 Å². The highest BCUT2D eigenvalue weighted by molar-refractivity contribution is 6.33. The Balaban J connectivity index is 1.65. The van der Waals surface area contributed by atoms with E-state index in [1.165, 1.54) is 42.4 Å². The maximum atomic E-state index is 12.6. The number of methoxy groups -OCH3 is 1. The van der Waals surface area contributed by atoms with Gasteiger partial charge in [0, 0.05) is 6.07 Å². The van der Waals surface area contributed by atoms with Gasteiger partial charge >= 0.3 is 5.97 Å². The van der Waals surface area contributed by atoms with Crippen molar-refractivity contribution in [1.82, 2.24) is 25.3 Å². The lowest BCUT2D eigenvalue weighted by atomic mass is 10.1. The highest BCUT2D eigenvalue weighted by Crippen LogP contribution is 2.31. The molecule has 4 rings (SSSR count). The molecule has 0 bridgehead atoms. The fourth-order valence-corrected chi connectivity index (χ4v) is 2.95. The van der Waals surface area contributed by atoms with Crippen LogP contribution >= 0.6 is 11.6 Å². The van der Waals surface area contributed by atoms with E-state index in [1.54, 1.807) is 12.1 Å². The van der Waals surface area contributed by atoms with E-state index in [2.05, 4.69) is 15.5 Å². The van der Waals surface area contributed by atoms with Crippen LogP contribution in [0, 0.1) is 0 Å². The molecule has 2 aromatic carbocycles. The Morgan fingerprint density at radius 2 is 1.79 bits per heavy atom. The van der Waals surface area contributed by atoms with Crippen LogP contribution in [0.25, 0.3) is 5.69 Å². The first-order valence-corrected chi connectivity index (χ1v) is 8.20. The molecule has 0 fully saturated rings. The van der Waals surface area contributed by atoms with Crippen molar-refractivity contribution < 1.29 is 24.0 Å². The van der Waals surface area contributed by atoms with E-state index < -0.39 is 17.8 Å². The highest BCUT2D eigenvalue weighted by Gasteiger charge is 2.39. The average Bonchev–Trinajstić information content (AvgIpc) is 3.32. The van der Waals surface area contributed by atoms with Crippen molar-refractivity contribution in [1.29, 1.82) is 0 Å². The number of nitrogens with zero attached hydrogens (tertiary/aromatic N) is 5. The predicted molar refractivity (Wildman–Crippen MR) is 93.1 cm³/mol. The number of hydrogen-bond donors (Lipinski definition) is 0. The van der Waals surface area contributed by atoms with Crippen LogP contribution in [0.4, 0.5) is 0 Å². The van der Waals surface area contributed by atoms with E-state index >= 15 is 0 Å². The Morgan fingerprint density at radius 3 is 2.36 bits per heavy atom. The summed E-state index contributed by atoms with van der Waals surface area (Å²) in [7, 11) is 1.34. The molecule has 1 aromatic heterocycles. The van der Waals surface area contributed by atoms with Gasteiger partial charge in [0.05, 0.1) is 28.9 Å². The van der Waals surface area contributed by atoms with Gasteiger partial charge in [-0.2, -0.15) is 4.68 Å². The summed E-state index contributed by atoms with van der Waals surface area (Å²) in [6, 6.07) is 8.87. The first-order chi connectivity index (χ1) is 13.5. The van der Waals surface area contributed by atoms with Crippen LogP contribution in [0.1, 0.15) is 31.1 Å². The average molecular weight is 400 g/mol. The number of carbonyl (C=O) groups is 3. The van der Waals surface area contributed by atoms with Crippen molar-refractivity contribution in [3.05, 3.63) is 64.4 Å². The monoisotopic (exact) mass is 399 g/mol. The quantitative estimate of drug-likeness (QED) is 0.608. The normalized spacial score (nSPS) is 12.9. The molecular formula is C17H10ClN5O5. The minimum Gasteiger partial charge on any atom is -0.496 e.